The fraction of sp³-hybridized carbons (Fsp3) is 0. The van der Waals surface area contributed by atoms with Crippen molar-refractivity contribution < 1.29 is 8.83 Å². The van der Waals surface area contributed by atoms with Gasteiger partial charge >= 0.3 is 0 Å². The van der Waals surface area contributed by atoms with Gasteiger partial charge in [-0.3, -0.25) is 0 Å². The van der Waals surface area contributed by atoms with Crippen LogP contribution in [0.2, 0.25) is 0 Å². The molecule has 0 N–H and O–H groups in total. The minimum Gasteiger partial charge on any atom is -0.454 e. The molecular weight excluding hydrogens is 1120 g/mol. The van der Waals surface area contributed by atoms with Gasteiger partial charge < -0.3 is 18.6 Å². The second-order valence-electron chi connectivity index (χ2n) is 24.6. The molecule has 0 fully saturated rings. The molecule has 4 nitrogen and oxygen atoms in total. The smallest absolute Gasteiger partial charge is 0.159 e. The van der Waals surface area contributed by atoms with Crippen molar-refractivity contribution in [3.8, 4) is 22.3 Å². The van der Waals surface area contributed by atoms with Crippen molar-refractivity contribution in [3.63, 3.8) is 0 Å². The highest BCUT2D eigenvalue weighted by molar-refractivity contribution is 6.32. The van der Waals surface area contributed by atoms with Gasteiger partial charge in [-0.25, -0.2) is 0 Å². The lowest BCUT2D eigenvalue weighted by Gasteiger charge is -2.29. The van der Waals surface area contributed by atoms with E-state index in [9.17, 15) is 0 Å². The van der Waals surface area contributed by atoms with Crippen LogP contribution in [-0.2, 0) is 0 Å². The Balaban J connectivity index is 0.814. The van der Waals surface area contributed by atoms with Gasteiger partial charge in [0.15, 0.2) is 11.2 Å². The number of hydrogen-bond acceptors (Lipinski definition) is 4. The fourth-order valence-corrected chi connectivity index (χ4v) is 15.6. The molecule has 426 valence electrons. The maximum atomic E-state index is 7.30. The molecule has 92 heavy (non-hydrogen) atoms. The molecule has 0 aliphatic rings. The number of hydrogen-bond donors (Lipinski definition) is 0. The van der Waals surface area contributed by atoms with E-state index in [0.717, 1.165) is 111 Å². The zero-order valence-electron chi connectivity index (χ0n) is 49.7. The fourth-order valence-electron chi connectivity index (χ4n) is 15.6. The molecule has 0 saturated carbocycles. The summed E-state index contributed by atoms with van der Waals surface area (Å²) in [5.41, 5.74) is 14.1. The van der Waals surface area contributed by atoms with E-state index in [0.29, 0.717) is 0 Å². The summed E-state index contributed by atoms with van der Waals surface area (Å²) in [5, 5.41) is 26.0. The Morgan fingerprint density at radius 3 is 0.859 bits per heavy atom. The van der Waals surface area contributed by atoms with Crippen molar-refractivity contribution in [1.29, 1.82) is 0 Å². The van der Waals surface area contributed by atoms with Crippen molar-refractivity contribution in [2.45, 2.75) is 0 Å². The molecule has 0 amide bonds. The lowest BCUT2D eigenvalue weighted by molar-refractivity contribution is 0.669. The summed E-state index contributed by atoms with van der Waals surface area (Å²) in [6.45, 7) is 0. The molecular formula is C88H52N2O2. The lowest BCUT2D eigenvalue weighted by Crippen LogP contribution is -2.12. The third-order valence-corrected chi connectivity index (χ3v) is 19.7. The Hall–Kier alpha value is -12.2. The zero-order valence-corrected chi connectivity index (χ0v) is 49.7. The molecule has 0 atom stereocenters. The van der Waals surface area contributed by atoms with Crippen LogP contribution in [0, 0.1) is 0 Å². The van der Waals surface area contributed by atoms with Crippen LogP contribution >= 0.6 is 0 Å². The van der Waals surface area contributed by atoms with Gasteiger partial charge in [-0.2, -0.15) is 0 Å². The second kappa shape index (κ2) is 19.6. The third kappa shape index (κ3) is 7.46. The minimum absolute atomic E-state index is 0.829. The van der Waals surface area contributed by atoms with Crippen LogP contribution < -0.4 is 9.80 Å². The highest BCUT2D eigenvalue weighted by atomic mass is 16.3. The molecule has 2 aromatic heterocycles. The number of anilines is 6. The number of benzene rings is 18. The van der Waals surface area contributed by atoms with Crippen LogP contribution in [0.5, 0.6) is 0 Å². The summed E-state index contributed by atoms with van der Waals surface area (Å²) in [6.07, 6.45) is 0. The lowest BCUT2D eigenvalue weighted by atomic mass is 9.91. The van der Waals surface area contributed by atoms with Crippen LogP contribution in [0.25, 0.3) is 163 Å². The van der Waals surface area contributed by atoms with E-state index in [4.69, 9.17) is 8.83 Å². The van der Waals surface area contributed by atoms with Gasteiger partial charge in [0, 0.05) is 43.7 Å². The summed E-state index contributed by atoms with van der Waals surface area (Å²) >= 11 is 0. The SMILES string of the molecule is c1ccc(-c2ccc(N(c3ccc4ccc5c(N(c6ccc(-c7ccccc7)cc6)c6cccc7c6oc6cc8c9ccccc9c9ccccc9c8cc67)ccc6ccc3c4c65)c3cccc4c3oc3cc5c6ccccc6c6ccccc6c5cc34)cc2)cc1. The van der Waals surface area contributed by atoms with Crippen molar-refractivity contribution in [2.75, 3.05) is 9.80 Å². The molecule has 2 heterocycles. The molecule has 0 spiro atoms. The standard InChI is InChI=1S/C88H52N2O2/c1-3-17-53(18-4-1)55-33-41-59(42-34-55)89(81-31-15-29-69-77-49-73-65-25-11-7-21-61(65)63-23-9-13-27-67(63)75(73)51-83(77)91-87(69)81)79-47-39-57-38-46-72-80(48-40-58-37-45-71(79)85(57)86(58)72)90(60-43-35-56(36-44-60)54-19-5-2-6-20-54)82-32-16-30-70-78-50-74-66-26-12-8-22-62(66)64-24-10-14-28-68(64)76(74)52-84(78)92-88(70)82/h1-52H. The topological polar surface area (TPSA) is 32.8 Å². The highest BCUT2D eigenvalue weighted by Gasteiger charge is 2.27. The van der Waals surface area contributed by atoms with Crippen LogP contribution in [0.15, 0.2) is 324 Å². The van der Waals surface area contributed by atoms with E-state index in [2.05, 4.69) is 325 Å². The van der Waals surface area contributed by atoms with Gasteiger partial charge in [-0.1, -0.05) is 243 Å². The molecule has 0 unspecified atom stereocenters. The first-order valence-electron chi connectivity index (χ1n) is 31.6. The van der Waals surface area contributed by atoms with E-state index in [1.165, 1.54) is 86.5 Å². The average molecular weight is 1170 g/mol. The number of furan rings is 2. The van der Waals surface area contributed by atoms with Crippen LogP contribution in [0.1, 0.15) is 0 Å². The number of fused-ring (bicyclic) bond motifs is 18. The monoisotopic (exact) mass is 1170 g/mol. The van der Waals surface area contributed by atoms with Gasteiger partial charge in [0.05, 0.1) is 22.7 Å². The molecule has 20 rings (SSSR count). The van der Waals surface area contributed by atoms with Gasteiger partial charge in [-0.15, -0.1) is 0 Å². The van der Waals surface area contributed by atoms with Crippen molar-refractivity contribution in [2.24, 2.45) is 0 Å². The van der Waals surface area contributed by atoms with Crippen molar-refractivity contribution in [1.82, 2.24) is 0 Å². The Kier molecular flexibility index (Phi) is 10.8. The average Bonchev–Trinajstić information content (AvgIpc) is 1.36. The maximum absolute atomic E-state index is 7.30. The summed E-state index contributed by atoms with van der Waals surface area (Å²) in [5.74, 6) is 0. The number of rotatable bonds is 8. The van der Waals surface area contributed by atoms with Gasteiger partial charge in [-0.05, 0) is 181 Å². The predicted octanol–water partition coefficient (Wildman–Crippen LogP) is 25.6. The normalized spacial score (nSPS) is 12.1. The largest absolute Gasteiger partial charge is 0.454 e. The second-order valence-corrected chi connectivity index (χ2v) is 24.6. The zero-order chi connectivity index (χ0) is 60.1. The van der Waals surface area contributed by atoms with E-state index < -0.39 is 0 Å². The maximum Gasteiger partial charge on any atom is 0.159 e. The Labute approximate surface area is 528 Å². The summed E-state index contributed by atoms with van der Waals surface area (Å²) in [6, 6.07) is 116. The first kappa shape index (κ1) is 50.7. The van der Waals surface area contributed by atoms with Gasteiger partial charge in [0.1, 0.15) is 11.2 Å². The highest BCUT2D eigenvalue weighted by Crippen LogP contribution is 2.52. The number of para-hydroxylation sites is 2. The molecule has 0 bridgehead atoms. The van der Waals surface area contributed by atoms with Gasteiger partial charge in [0.2, 0.25) is 0 Å². The van der Waals surface area contributed by atoms with Crippen LogP contribution in [-0.4, -0.2) is 0 Å². The molecule has 20 aromatic rings. The third-order valence-electron chi connectivity index (χ3n) is 19.7. The summed E-state index contributed by atoms with van der Waals surface area (Å²) < 4.78 is 14.6. The molecule has 0 aliphatic heterocycles. The van der Waals surface area contributed by atoms with E-state index in [1.54, 1.807) is 0 Å². The van der Waals surface area contributed by atoms with Crippen LogP contribution in [0.3, 0.4) is 0 Å². The van der Waals surface area contributed by atoms with E-state index in [-0.39, 0.29) is 0 Å². The number of nitrogens with zero attached hydrogens (tertiary/aromatic N) is 2. The Bertz CT molecular complexity index is 6030. The molecule has 0 radical (unpaired) electrons. The Morgan fingerprint density at radius 2 is 0.489 bits per heavy atom. The van der Waals surface area contributed by atoms with E-state index >= 15 is 0 Å². The predicted molar refractivity (Wildman–Crippen MR) is 390 cm³/mol. The molecule has 0 aliphatic carbocycles. The molecule has 18 aromatic carbocycles. The first-order valence-corrected chi connectivity index (χ1v) is 31.6. The summed E-state index contributed by atoms with van der Waals surface area (Å²) in [7, 11) is 0. The van der Waals surface area contributed by atoms with Crippen molar-refractivity contribution >= 4 is 175 Å². The first-order chi connectivity index (χ1) is 45.6. The summed E-state index contributed by atoms with van der Waals surface area (Å²) in [4.78, 5) is 4.85. The van der Waals surface area contributed by atoms with Crippen molar-refractivity contribution in [3.05, 3.63) is 315 Å². The quantitative estimate of drug-likeness (QED) is 0.142. The van der Waals surface area contributed by atoms with Crippen LogP contribution in [0.4, 0.5) is 34.1 Å². The molecule has 0 saturated heterocycles. The van der Waals surface area contributed by atoms with Gasteiger partial charge in [0.25, 0.3) is 0 Å². The Morgan fingerprint density at radius 1 is 0.185 bits per heavy atom. The minimum atomic E-state index is 0.829. The van der Waals surface area contributed by atoms with E-state index in [1.807, 2.05) is 0 Å². The molecule has 4 heteroatoms.